The Morgan fingerprint density at radius 1 is 0.905 bits per heavy atom. The van der Waals surface area contributed by atoms with Gasteiger partial charge in [0.15, 0.2) is 0 Å². The van der Waals surface area contributed by atoms with Gasteiger partial charge in [-0.1, -0.05) is 62.4 Å². The quantitative estimate of drug-likeness (QED) is 0.325. The summed E-state index contributed by atoms with van der Waals surface area (Å²) in [4.78, 5) is 21.7. The molecule has 0 aromatic heterocycles. The molecule has 21 heavy (non-hydrogen) atoms. The Labute approximate surface area is 127 Å². The van der Waals surface area contributed by atoms with Crippen molar-refractivity contribution in [1.82, 2.24) is 0 Å². The molecule has 1 aromatic carbocycles. The lowest BCUT2D eigenvalue weighted by Crippen LogP contribution is -2.04. The van der Waals surface area contributed by atoms with Crippen molar-refractivity contribution in [1.29, 1.82) is 0 Å². The van der Waals surface area contributed by atoms with E-state index in [2.05, 4.69) is 0 Å². The number of carbonyl (C=O) groups excluding carboxylic acids is 2. The fourth-order valence-electron chi connectivity index (χ4n) is 2.19. The Hall–Kier alpha value is -1.64. The van der Waals surface area contributed by atoms with Crippen LogP contribution in [0.1, 0.15) is 63.4 Å². The van der Waals surface area contributed by atoms with Gasteiger partial charge >= 0.3 is 5.97 Å². The summed E-state index contributed by atoms with van der Waals surface area (Å²) in [5.74, 6) is -0.107. The van der Waals surface area contributed by atoms with Gasteiger partial charge in [0, 0.05) is 12.8 Å². The molecule has 0 atom stereocenters. The third kappa shape index (κ3) is 9.83. The molecule has 0 bridgehead atoms. The van der Waals surface area contributed by atoms with E-state index in [1.54, 1.807) is 0 Å². The molecule has 116 valence electrons. The number of benzene rings is 1. The molecule has 0 fully saturated rings. The standard InChI is InChI=1S/C18H26O3/c19-15-11-6-4-2-1-3-5-10-14-18(20)21-16-17-12-8-7-9-13-17/h7-9,12-13,15H,1-6,10-11,14,16H2. The van der Waals surface area contributed by atoms with Gasteiger partial charge in [0.25, 0.3) is 0 Å². The lowest BCUT2D eigenvalue weighted by Gasteiger charge is -2.05. The number of unbranched alkanes of at least 4 members (excludes halogenated alkanes) is 7. The van der Waals surface area contributed by atoms with Crippen molar-refractivity contribution in [3.8, 4) is 0 Å². The molecule has 0 heterocycles. The van der Waals surface area contributed by atoms with Crippen LogP contribution in [-0.4, -0.2) is 12.3 Å². The Kier molecular flexibility index (Phi) is 10.1. The molecule has 0 saturated carbocycles. The van der Waals surface area contributed by atoms with E-state index >= 15 is 0 Å². The van der Waals surface area contributed by atoms with Crippen LogP contribution in [-0.2, 0) is 20.9 Å². The Morgan fingerprint density at radius 2 is 1.52 bits per heavy atom. The summed E-state index contributed by atoms with van der Waals surface area (Å²) in [7, 11) is 0. The Morgan fingerprint density at radius 3 is 2.19 bits per heavy atom. The van der Waals surface area contributed by atoms with Gasteiger partial charge in [-0.15, -0.1) is 0 Å². The molecule has 0 amide bonds. The molecule has 3 nitrogen and oxygen atoms in total. The van der Waals surface area contributed by atoms with Gasteiger partial charge < -0.3 is 9.53 Å². The van der Waals surface area contributed by atoms with Crippen molar-refractivity contribution in [2.45, 2.75) is 64.4 Å². The van der Waals surface area contributed by atoms with Gasteiger partial charge in [-0.3, -0.25) is 4.79 Å². The van der Waals surface area contributed by atoms with Gasteiger partial charge in [-0.05, 0) is 18.4 Å². The summed E-state index contributed by atoms with van der Waals surface area (Å²) in [5.41, 5.74) is 1.03. The van der Waals surface area contributed by atoms with Crippen LogP contribution in [0, 0.1) is 0 Å². The maximum Gasteiger partial charge on any atom is 0.306 e. The summed E-state index contributed by atoms with van der Waals surface area (Å²) in [6.07, 6.45) is 9.85. The maximum atomic E-state index is 11.6. The fraction of sp³-hybridized carbons (Fsp3) is 0.556. The van der Waals surface area contributed by atoms with E-state index in [0.29, 0.717) is 19.4 Å². The maximum absolute atomic E-state index is 11.6. The molecule has 3 heteroatoms. The zero-order valence-corrected chi connectivity index (χ0v) is 12.8. The highest BCUT2D eigenvalue weighted by Gasteiger charge is 2.03. The van der Waals surface area contributed by atoms with Crippen LogP contribution in [0.2, 0.25) is 0 Å². The van der Waals surface area contributed by atoms with E-state index in [1.165, 1.54) is 12.8 Å². The predicted molar refractivity (Wildman–Crippen MR) is 83.9 cm³/mol. The summed E-state index contributed by atoms with van der Waals surface area (Å²) in [5, 5.41) is 0. The van der Waals surface area contributed by atoms with Crippen molar-refractivity contribution in [3.05, 3.63) is 35.9 Å². The van der Waals surface area contributed by atoms with E-state index in [1.807, 2.05) is 30.3 Å². The van der Waals surface area contributed by atoms with Crippen molar-refractivity contribution in [3.63, 3.8) is 0 Å². The highest BCUT2D eigenvalue weighted by Crippen LogP contribution is 2.10. The number of esters is 1. The van der Waals surface area contributed by atoms with Crippen molar-refractivity contribution in [2.24, 2.45) is 0 Å². The summed E-state index contributed by atoms with van der Waals surface area (Å²) in [6.45, 7) is 0.371. The van der Waals surface area contributed by atoms with Crippen LogP contribution in [0.15, 0.2) is 30.3 Å². The molecule has 0 N–H and O–H groups in total. The summed E-state index contributed by atoms with van der Waals surface area (Å²) >= 11 is 0. The lowest BCUT2D eigenvalue weighted by molar-refractivity contribution is -0.145. The van der Waals surface area contributed by atoms with Crippen molar-refractivity contribution >= 4 is 12.3 Å². The third-order valence-electron chi connectivity index (χ3n) is 3.45. The predicted octanol–water partition coefficient (Wildman–Crippen LogP) is 4.44. The number of rotatable bonds is 12. The summed E-state index contributed by atoms with van der Waals surface area (Å²) < 4.78 is 5.23. The first-order valence-corrected chi connectivity index (χ1v) is 7.96. The third-order valence-corrected chi connectivity index (χ3v) is 3.45. The van der Waals surface area contributed by atoms with Crippen LogP contribution < -0.4 is 0 Å². The molecule has 0 saturated heterocycles. The highest BCUT2D eigenvalue weighted by atomic mass is 16.5. The van der Waals surface area contributed by atoms with Gasteiger partial charge in [-0.2, -0.15) is 0 Å². The van der Waals surface area contributed by atoms with Crippen LogP contribution in [0.4, 0.5) is 0 Å². The van der Waals surface area contributed by atoms with Gasteiger partial charge in [0.2, 0.25) is 0 Å². The Bertz CT molecular complexity index is 387. The minimum Gasteiger partial charge on any atom is -0.461 e. The minimum atomic E-state index is -0.107. The van der Waals surface area contributed by atoms with Crippen LogP contribution >= 0.6 is 0 Å². The van der Waals surface area contributed by atoms with Crippen LogP contribution in [0.5, 0.6) is 0 Å². The van der Waals surface area contributed by atoms with E-state index < -0.39 is 0 Å². The smallest absolute Gasteiger partial charge is 0.306 e. The van der Waals surface area contributed by atoms with Gasteiger partial charge in [-0.25, -0.2) is 0 Å². The molecular formula is C18H26O3. The number of aldehydes is 1. The monoisotopic (exact) mass is 290 g/mol. The SMILES string of the molecule is O=CCCCCCCCCCC(=O)OCc1ccccc1. The van der Waals surface area contributed by atoms with Crippen molar-refractivity contribution < 1.29 is 14.3 Å². The molecule has 1 aromatic rings. The molecule has 0 aliphatic carbocycles. The van der Waals surface area contributed by atoms with Gasteiger partial charge in [0.05, 0.1) is 0 Å². The number of carbonyl (C=O) groups is 2. The van der Waals surface area contributed by atoms with E-state index in [9.17, 15) is 9.59 Å². The molecule has 1 rings (SSSR count). The second-order valence-electron chi connectivity index (χ2n) is 5.33. The van der Waals surface area contributed by atoms with E-state index in [0.717, 1.165) is 44.0 Å². The largest absolute Gasteiger partial charge is 0.461 e. The van der Waals surface area contributed by atoms with Gasteiger partial charge in [0.1, 0.15) is 12.9 Å². The number of hydrogen-bond donors (Lipinski definition) is 0. The molecule has 0 unspecified atom stereocenters. The molecule has 0 spiro atoms. The molecular weight excluding hydrogens is 264 g/mol. The second-order valence-corrected chi connectivity index (χ2v) is 5.33. The number of ether oxygens (including phenoxy) is 1. The topological polar surface area (TPSA) is 43.4 Å². The summed E-state index contributed by atoms with van der Waals surface area (Å²) in [6, 6.07) is 9.75. The first-order chi connectivity index (χ1) is 10.3. The normalized spacial score (nSPS) is 10.3. The van der Waals surface area contributed by atoms with E-state index in [-0.39, 0.29) is 5.97 Å². The fourth-order valence-corrected chi connectivity index (χ4v) is 2.19. The lowest BCUT2D eigenvalue weighted by atomic mass is 10.1. The molecule has 0 aliphatic rings. The number of hydrogen-bond acceptors (Lipinski definition) is 3. The first kappa shape index (κ1) is 17.4. The Balaban J connectivity index is 1.90. The van der Waals surface area contributed by atoms with Crippen LogP contribution in [0.3, 0.4) is 0 Å². The van der Waals surface area contributed by atoms with Crippen LogP contribution in [0.25, 0.3) is 0 Å². The zero-order valence-electron chi connectivity index (χ0n) is 12.8. The highest BCUT2D eigenvalue weighted by molar-refractivity contribution is 5.69. The second kappa shape index (κ2) is 12.1. The van der Waals surface area contributed by atoms with E-state index in [4.69, 9.17) is 4.74 Å². The minimum absolute atomic E-state index is 0.107. The first-order valence-electron chi connectivity index (χ1n) is 7.96. The average molecular weight is 290 g/mol. The molecule has 0 radical (unpaired) electrons. The average Bonchev–Trinajstić information content (AvgIpc) is 2.52. The zero-order chi connectivity index (χ0) is 15.2. The van der Waals surface area contributed by atoms with Crippen molar-refractivity contribution in [2.75, 3.05) is 0 Å². The molecule has 0 aliphatic heterocycles.